The third-order valence-corrected chi connectivity index (χ3v) is 6.78. The molecule has 1 aliphatic carbocycles. The van der Waals surface area contributed by atoms with Gasteiger partial charge in [0.15, 0.2) is 0 Å². The van der Waals surface area contributed by atoms with E-state index in [-0.39, 0.29) is 49.2 Å². The Morgan fingerprint density at radius 1 is 1.06 bits per heavy atom. The van der Waals surface area contributed by atoms with Crippen molar-refractivity contribution in [2.75, 3.05) is 5.32 Å². The smallest absolute Gasteiger partial charge is 0.248 e. The maximum atomic E-state index is 13.6. The average Bonchev–Trinajstić information content (AvgIpc) is 3.18. The number of amides is 3. The van der Waals surface area contributed by atoms with Crippen molar-refractivity contribution in [1.82, 2.24) is 10.2 Å². The summed E-state index contributed by atoms with van der Waals surface area (Å²) in [4.78, 5) is 40.8. The standard InChI is InChI=1S/C25H25ClF3N3O3/c26-19-7-2-1-6-18(19)22(24(35)30-16-10-12-25(28,29)13-11-16)32-20(8-9-21(32)33)23(34)31-17-5-3-4-15(27)14-17/h1-7,14,16,20,22H,8-13H2,(H,30,35)(H,31,34). The molecule has 3 amide bonds. The van der Waals surface area contributed by atoms with Crippen molar-refractivity contribution in [1.29, 1.82) is 0 Å². The highest BCUT2D eigenvalue weighted by molar-refractivity contribution is 6.31. The first-order valence-corrected chi connectivity index (χ1v) is 11.8. The molecule has 2 N–H and O–H groups in total. The largest absolute Gasteiger partial charge is 0.351 e. The van der Waals surface area contributed by atoms with Crippen molar-refractivity contribution in [3.8, 4) is 0 Å². The summed E-state index contributed by atoms with van der Waals surface area (Å²) in [7, 11) is 0. The molecule has 2 fully saturated rings. The number of anilines is 1. The van der Waals surface area contributed by atoms with Crippen LogP contribution in [-0.4, -0.2) is 40.6 Å². The van der Waals surface area contributed by atoms with E-state index in [2.05, 4.69) is 10.6 Å². The van der Waals surface area contributed by atoms with Gasteiger partial charge in [0.25, 0.3) is 0 Å². The van der Waals surface area contributed by atoms with Crippen LogP contribution in [0, 0.1) is 5.82 Å². The summed E-state index contributed by atoms with van der Waals surface area (Å²) in [6.07, 6.45) is -0.280. The van der Waals surface area contributed by atoms with Gasteiger partial charge in [-0.3, -0.25) is 14.4 Å². The molecule has 0 spiro atoms. The van der Waals surface area contributed by atoms with E-state index in [1.807, 2.05) is 0 Å². The van der Waals surface area contributed by atoms with Gasteiger partial charge in [0, 0.05) is 41.6 Å². The predicted octanol–water partition coefficient (Wildman–Crippen LogP) is 4.84. The van der Waals surface area contributed by atoms with Crippen molar-refractivity contribution in [2.45, 2.75) is 62.6 Å². The van der Waals surface area contributed by atoms with Crippen LogP contribution in [0.15, 0.2) is 48.5 Å². The highest BCUT2D eigenvalue weighted by atomic mass is 35.5. The number of halogens is 4. The van der Waals surface area contributed by atoms with E-state index in [4.69, 9.17) is 11.6 Å². The molecule has 2 aromatic carbocycles. The molecule has 186 valence electrons. The fourth-order valence-corrected chi connectivity index (χ4v) is 4.89. The lowest BCUT2D eigenvalue weighted by molar-refractivity contribution is -0.142. The minimum absolute atomic E-state index is 0.0329. The van der Waals surface area contributed by atoms with Crippen LogP contribution in [0.5, 0.6) is 0 Å². The van der Waals surface area contributed by atoms with Crippen LogP contribution in [-0.2, 0) is 14.4 Å². The zero-order chi connectivity index (χ0) is 25.2. The van der Waals surface area contributed by atoms with Gasteiger partial charge in [-0.15, -0.1) is 0 Å². The van der Waals surface area contributed by atoms with Gasteiger partial charge >= 0.3 is 0 Å². The van der Waals surface area contributed by atoms with Crippen LogP contribution in [0.4, 0.5) is 18.9 Å². The van der Waals surface area contributed by atoms with Crippen molar-refractivity contribution in [3.63, 3.8) is 0 Å². The Morgan fingerprint density at radius 2 is 1.77 bits per heavy atom. The Morgan fingerprint density at radius 3 is 2.46 bits per heavy atom. The number of hydrogen-bond donors (Lipinski definition) is 2. The number of likely N-dealkylation sites (tertiary alicyclic amines) is 1. The van der Waals surface area contributed by atoms with E-state index >= 15 is 0 Å². The third kappa shape index (κ3) is 5.78. The van der Waals surface area contributed by atoms with Crippen molar-refractivity contribution >= 4 is 35.0 Å². The average molecular weight is 508 g/mol. The highest BCUT2D eigenvalue weighted by Crippen LogP contribution is 2.37. The Kier molecular flexibility index (Phi) is 7.35. The predicted molar refractivity (Wildman–Crippen MR) is 124 cm³/mol. The van der Waals surface area contributed by atoms with Gasteiger partial charge < -0.3 is 15.5 Å². The number of rotatable bonds is 6. The Balaban J connectivity index is 1.61. The number of carbonyl (C=O) groups excluding carboxylic acids is 3. The maximum absolute atomic E-state index is 13.6. The molecular weight excluding hydrogens is 483 g/mol. The molecular formula is C25H25ClF3N3O3. The molecule has 0 radical (unpaired) electrons. The van der Waals surface area contributed by atoms with Gasteiger partial charge in [-0.1, -0.05) is 35.9 Å². The summed E-state index contributed by atoms with van der Waals surface area (Å²) in [6, 6.07) is 9.11. The summed E-state index contributed by atoms with van der Waals surface area (Å²) in [5, 5.41) is 5.62. The number of carbonyl (C=O) groups is 3. The molecule has 10 heteroatoms. The van der Waals surface area contributed by atoms with Crippen LogP contribution in [0.25, 0.3) is 0 Å². The van der Waals surface area contributed by atoms with Gasteiger partial charge in [0.2, 0.25) is 23.6 Å². The second kappa shape index (κ2) is 10.3. The van der Waals surface area contributed by atoms with E-state index in [1.165, 1.54) is 23.1 Å². The number of alkyl halides is 2. The number of nitrogens with zero attached hydrogens (tertiary/aromatic N) is 1. The molecule has 1 saturated heterocycles. The van der Waals surface area contributed by atoms with Crippen molar-refractivity contribution in [3.05, 3.63) is 64.9 Å². The monoisotopic (exact) mass is 507 g/mol. The van der Waals surface area contributed by atoms with E-state index in [1.54, 1.807) is 24.3 Å². The maximum Gasteiger partial charge on any atom is 0.248 e. The topological polar surface area (TPSA) is 78.5 Å². The SMILES string of the molecule is O=C(Nc1cccc(F)c1)C1CCC(=O)N1C(C(=O)NC1CCC(F)(F)CC1)c1ccccc1Cl. The van der Waals surface area contributed by atoms with E-state index < -0.39 is 47.6 Å². The third-order valence-electron chi connectivity index (χ3n) is 6.44. The second-order valence-electron chi connectivity index (χ2n) is 8.92. The van der Waals surface area contributed by atoms with Crippen LogP contribution in [0.2, 0.25) is 5.02 Å². The minimum Gasteiger partial charge on any atom is -0.351 e. The molecule has 2 aliphatic rings. The lowest BCUT2D eigenvalue weighted by Crippen LogP contribution is -2.51. The molecule has 2 atom stereocenters. The minimum atomic E-state index is -2.76. The molecule has 0 bridgehead atoms. The Labute approximate surface area is 205 Å². The quantitative estimate of drug-likeness (QED) is 0.587. The van der Waals surface area contributed by atoms with Gasteiger partial charge in [0.1, 0.15) is 17.9 Å². The van der Waals surface area contributed by atoms with Crippen LogP contribution < -0.4 is 10.6 Å². The fourth-order valence-electron chi connectivity index (χ4n) is 4.65. The molecule has 1 saturated carbocycles. The van der Waals surface area contributed by atoms with Gasteiger partial charge in [-0.05, 0) is 43.5 Å². The number of benzene rings is 2. The van der Waals surface area contributed by atoms with Crippen LogP contribution in [0.3, 0.4) is 0 Å². The molecule has 0 aromatic heterocycles. The molecule has 6 nitrogen and oxygen atoms in total. The normalized spacial score (nSPS) is 21.0. The van der Waals surface area contributed by atoms with E-state index in [0.29, 0.717) is 5.56 Å². The van der Waals surface area contributed by atoms with Crippen molar-refractivity contribution < 1.29 is 27.6 Å². The first-order chi connectivity index (χ1) is 16.6. The number of nitrogens with one attached hydrogen (secondary N) is 2. The first-order valence-electron chi connectivity index (χ1n) is 11.4. The highest BCUT2D eigenvalue weighted by Gasteiger charge is 2.45. The molecule has 2 unspecified atom stereocenters. The van der Waals surface area contributed by atoms with Crippen LogP contribution >= 0.6 is 11.6 Å². The zero-order valence-corrected chi connectivity index (χ0v) is 19.5. The zero-order valence-electron chi connectivity index (χ0n) is 18.8. The number of hydrogen-bond acceptors (Lipinski definition) is 3. The lowest BCUT2D eigenvalue weighted by atomic mass is 9.91. The molecule has 1 heterocycles. The lowest BCUT2D eigenvalue weighted by Gasteiger charge is -2.35. The fraction of sp³-hybridized carbons (Fsp3) is 0.400. The summed E-state index contributed by atoms with van der Waals surface area (Å²) >= 11 is 6.38. The van der Waals surface area contributed by atoms with E-state index in [9.17, 15) is 27.6 Å². The Bertz CT molecular complexity index is 1120. The Hall–Kier alpha value is -3.07. The molecule has 1 aliphatic heterocycles. The summed E-state index contributed by atoms with van der Waals surface area (Å²) in [5.74, 6) is -4.86. The molecule has 35 heavy (non-hydrogen) atoms. The first kappa shape index (κ1) is 25.0. The van der Waals surface area contributed by atoms with Crippen molar-refractivity contribution in [2.24, 2.45) is 0 Å². The summed E-state index contributed by atoms with van der Waals surface area (Å²) in [6.45, 7) is 0. The van der Waals surface area contributed by atoms with E-state index in [0.717, 1.165) is 6.07 Å². The molecule has 4 rings (SSSR count). The second-order valence-corrected chi connectivity index (χ2v) is 9.33. The van der Waals surface area contributed by atoms with Gasteiger partial charge in [0.05, 0.1) is 0 Å². The summed E-state index contributed by atoms with van der Waals surface area (Å²) in [5.41, 5.74) is 0.544. The van der Waals surface area contributed by atoms with Gasteiger partial charge in [-0.25, -0.2) is 13.2 Å². The van der Waals surface area contributed by atoms with Crippen LogP contribution in [0.1, 0.15) is 50.1 Å². The van der Waals surface area contributed by atoms with Gasteiger partial charge in [-0.2, -0.15) is 0 Å². The summed E-state index contributed by atoms with van der Waals surface area (Å²) < 4.78 is 40.7. The molecule has 2 aromatic rings.